The van der Waals surface area contributed by atoms with Gasteiger partial charge < -0.3 is 10.1 Å². The molecule has 0 saturated carbocycles. The van der Waals surface area contributed by atoms with Crippen LogP contribution >= 0.6 is 0 Å². The number of carboxylic acid groups (broad SMARTS) is 1. The molecule has 0 fully saturated rings. The summed E-state index contributed by atoms with van der Waals surface area (Å²) in [6.07, 6.45) is 0.632. The predicted octanol–water partition coefficient (Wildman–Crippen LogP) is 2.21. The summed E-state index contributed by atoms with van der Waals surface area (Å²) >= 11 is 0. The monoisotopic (exact) mass is 181 g/mol. The van der Waals surface area contributed by atoms with Crippen molar-refractivity contribution in [2.75, 3.05) is 0 Å². The van der Waals surface area contributed by atoms with Crippen molar-refractivity contribution in [2.24, 2.45) is 0 Å². The topological polar surface area (TPSA) is 53.1 Å². The SMILES string of the molecule is CCC(C(=O)O)c1cc(C)[nH]c1C. The van der Waals surface area contributed by atoms with Gasteiger partial charge in [-0.3, -0.25) is 4.79 Å². The second-order valence-electron chi connectivity index (χ2n) is 3.33. The highest BCUT2D eigenvalue weighted by molar-refractivity contribution is 5.76. The van der Waals surface area contributed by atoms with E-state index < -0.39 is 5.97 Å². The Morgan fingerprint density at radius 3 is 2.54 bits per heavy atom. The van der Waals surface area contributed by atoms with Crippen molar-refractivity contribution >= 4 is 5.97 Å². The molecule has 0 saturated heterocycles. The summed E-state index contributed by atoms with van der Waals surface area (Å²) in [7, 11) is 0. The third-order valence-electron chi connectivity index (χ3n) is 2.27. The number of hydrogen-bond acceptors (Lipinski definition) is 1. The molecule has 3 heteroatoms. The van der Waals surface area contributed by atoms with E-state index in [4.69, 9.17) is 5.11 Å². The van der Waals surface area contributed by atoms with Gasteiger partial charge in [0.05, 0.1) is 5.92 Å². The first-order chi connectivity index (χ1) is 6.06. The van der Waals surface area contributed by atoms with Crippen molar-refractivity contribution in [2.45, 2.75) is 33.1 Å². The molecule has 1 unspecified atom stereocenters. The van der Waals surface area contributed by atoms with E-state index in [1.807, 2.05) is 26.8 Å². The van der Waals surface area contributed by atoms with Crippen LogP contribution in [0.15, 0.2) is 6.07 Å². The molecule has 0 radical (unpaired) electrons. The number of aryl methyl sites for hydroxylation is 2. The van der Waals surface area contributed by atoms with Crippen LogP contribution in [0.3, 0.4) is 0 Å². The lowest BCUT2D eigenvalue weighted by Gasteiger charge is -2.08. The van der Waals surface area contributed by atoms with Gasteiger partial charge in [0.1, 0.15) is 0 Å². The number of rotatable bonds is 3. The van der Waals surface area contributed by atoms with E-state index in [-0.39, 0.29) is 5.92 Å². The van der Waals surface area contributed by atoms with Crippen molar-refractivity contribution in [3.05, 3.63) is 23.0 Å². The Morgan fingerprint density at radius 2 is 2.23 bits per heavy atom. The Bertz CT molecular complexity index is 315. The Kier molecular flexibility index (Phi) is 2.76. The number of carbonyl (C=O) groups is 1. The Hall–Kier alpha value is -1.25. The second kappa shape index (κ2) is 3.64. The molecule has 0 spiro atoms. The van der Waals surface area contributed by atoms with Gasteiger partial charge in [0.15, 0.2) is 0 Å². The van der Waals surface area contributed by atoms with Gasteiger partial charge in [-0.05, 0) is 31.9 Å². The van der Waals surface area contributed by atoms with Gasteiger partial charge in [0.25, 0.3) is 0 Å². The molecule has 72 valence electrons. The van der Waals surface area contributed by atoms with E-state index >= 15 is 0 Å². The van der Waals surface area contributed by atoms with E-state index in [0.29, 0.717) is 6.42 Å². The fourth-order valence-electron chi connectivity index (χ4n) is 1.64. The molecule has 0 aliphatic rings. The zero-order chi connectivity index (χ0) is 10.0. The molecule has 1 heterocycles. The van der Waals surface area contributed by atoms with Crippen molar-refractivity contribution < 1.29 is 9.90 Å². The highest BCUT2D eigenvalue weighted by Gasteiger charge is 2.20. The summed E-state index contributed by atoms with van der Waals surface area (Å²) in [5.74, 6) is -1.12. The number of carboxylic acids is 1. The largest absolute Gasteiger partial charge is 0.481 e. The quantitative estimate of drug-likeness (QED) is 0.751. The molecule has 1 aromatic rings. The number of aromatic nitrogens is 1. The van der Waals surface area contributed by atoms with Crippen LogP contribution in [0.25, 0.3) is 0 Å². The second-order valence-corrected chi connectivity index (χ2v) is 3.33. The Balaban J connectivity index is 3.04. The van der Waals surface area contributed by atoms with Crippen LogP contribution < -0.4 is 0 Å². The number of aliphatic carboxylic acids is 1. The van der Waals surface area contributed by atoms with Gasteiger partial charge in [0.2, 0.25) is 0 Å². The first-order valence-corrected chi connectivity index (χ1v) is 4.45. The van der Waals surface area contributed by atoms with E-state index in [1.165, 1.54) is 0 Å². The minimum Gasteiger partial charge on any atom is -0.481 e. The summed E-state index contributed by atoms with van der Waals surface area (Å²) in [5.41, 5.74) is 2.89. The lowest BCUT2D eigenvalue weighted by Crippen LogP contribution is -2.10. The van der Waals surface area contributed by atoms with Crippen LogP contribution in [-0.2, 0) is 4.79 Å². The van der Waals surface area contributed by atoms with Gasteiger partial charge in [-0.15, -0.1) is 0 Å². The molecular formula is C10H15NO2. The summed E-state index contributed by atoms with van der Waals surface area (Å²) in [5, 5.41) is 8.95. The highest BCUT2D eigenvalue weighted by Crippen LogP contribution is 2.23. The number of aromatic amines is 1. The minimum absolute atomic E-state index is 0.370. The minimum atomic E-state index is -0.746. The average molecular weight is 181 g/mol. The van der Waals surface area contributed by atoms with Crippen LogP contribution in [0, 0.1) is 13.8 Å². The molecule has 1 aromatic heterocycles. The molecule has 1 atom stereocenters. The smallest absolute Gasteiger partial charge is 0.311 e. The third kappa shape index (κ3) is 1.91. The van der Waals surface area contributed by atoms with E-state index in [2.05, 4.69) is 4.98 Å². The normalized spacial score (nSPS) is 12.8. The van der Waals surface area contributed by atoms with Crippen LogP contribution in [0.4, 0.5) is 0 Å². The van der Waals surface area contributed by atoms with Gasteiger partial charge in [-0.25, -0.2) is 0 Å². The molecule has 0 bridgehead atoms. The van der Waals surface area contributed by atoms with E-state index in [0.717, 1.165) is 17.0 Å². The van der Waals surface area contributed by atoms with Gasteiger partial charge in [-0.2, -0.15) is 0 Å². The molecule has 13 heavy (non-hydrogen) atoms. The summed E-state index contributed by atoms with van der Waals surface area (Å²) in [6.45, 7) is 5.74. The molecule has 1 rings (SSSR count). The maximum atomic E-state index is 10.9. The molecule has 2 N–H and O–H groups in total. The molecule has 0 aromatic carbocycles. The Labute approximate surface area is 77.8 Å². The van der Waals surface area contributed by atoms with E-state index in [9.17, 15) is 4.79 Å². The average Bonchev–Trinajstić information content (AvgIpc) is 2.31. The molecule has 0 aliphatic heterocycles. The summed E-state index contributed by atoms with van der Waals surface area (Å²) in [6, 6.07) is 1.91. The van der Waals surface area contributed by atoms with Gasteiger partial charge in [-0.1, -0.05) is 6.92 Å². The standard InChI is InChI=1S/C10H15NO2/c1-4-8(10(12)13)9-5-6(2)11-7(9)3/h5,8,11H,4H2,1-3H3,(H,12,13). The predicted molar refractivity (Wildman–Crippen MR) is 50.9 cm³/mol. The van der Waals surface area contributed by atoms with Crippen LogP contribution in [0.1, 0.15) is 36.2 Å². The fraction of sp³-hybridized carbons (Fsp3) is 0.500. The van der Waals surface area contributed by atoms with Crippen LogP contribution in [0.2, 0.25) is 0 Å². The zero-order valence-corrected chi connectivity index (χ0v) is 8.22. The lowest BCUT2D eigenvalue weighted by molar-refractivity contribution is -0.138. The van der Waals surface area contributed by atoms with Crippen molar-refractivity contribution in [1.82, 2.24) is 4.98 Å². The van der Waals surface area contributed by atoms with Crippen molar-refractivity contribution in [1.29, 1.82) is 0 Å². The van der Waals surface area contributed by atoms with Gasteiger partial charge >= 0.3 is 5.97 Å². The van der Waals surface area contributed by atoms with Crippen molar-refractivity contribution in [3.63, 3.8) is 0 Å². The molecule has 0 aliphatic carbocycles. The van der Waals surface area contributed by atoms with Crippen molar-refractivity contribution in [3.8, 4) is 0 Å². The third-order valence-corrected chi connectivity index (χ3v) is 2.27. The summed E-state index contributed by atoms with van der Waals surface area (Å²) in [4.78, 5) is 14.0. The molecule has 0 amide bonds. The number of H-pyrrole nitrogens is 1. The van der Waals surface area contributed by atoms with Gasteiger partial charge in [0, 0.05) is 11.4 Å². The fourth-order valence-corrected chi connectivity index (χ4v) is 1.64. The molecular weight excluding hydrogens is 166 g/mol. The molecule has 3 nitrogen and oxygen atoms in total. The first kappa shape index (κ1) is 9.84. The van der Waals surface area contributed by atoms with Crippen LogP contribution in [0.5, 0.6) is 0 Å². The maximum Gasteiger partial charge on any atom is 0.311 e. The Morgan fingerprint density at radius 1 is 1.62 bits per heavy atom. The summed E-state index contributed by atoms with van der Waals surface area (Å²) < 4.78 is 0. The first-order valence-electron chi connectivity index (χ1n) is 4.45. The van der Waals surface area contributed by atoms with Crippen LogP contribution in [-0.4, -0.2) is 16.1 Å². The zero-order valence-electron chi connectivity index (χ0n) is 8.22. The number of nitrogens with one attached hydrogen (secondary N) is 1. The highest BCUT2D eigenvalue weighted by atomic mass is 16.4. The lowest BCUT2D eigenvalue weighted by atomic mass is 9.97. The number of hydrogen-bond donors (Lipinski definition) is 2. The van der Waals surface area contributed by atoms with E-state index in [1.54, 1.807) is 0 Å². The maximum absolute atomic E-state index is 10.9.